The second-order valence-corrected chi connectivity index (χ2v) is 7.72. The highest BCUT2D eigenvalue weighted by molar-refractivity contribution is 5.90. The average Bonchev–Trinajstić information content (AvgIpc) is 2.36. The van der Waals surface area contributed by atoms with E-state index in [9.17, 15) is 4.79 Å². The topological polar surface area (TPSA) is 64.4 Å². The number of hydrogen-bond acceptors (Lipinski definition) is 3. The SMILES string of the molecule is CCCC(C)(C)NC(=O)C1(N)C2CCCOC2C1(C)C. The smallest absolute Gasteiger partial charge is 0.241 e. The van der Waals surface area contributed by atoms with Crippen molar-refractivity contribution in [2.24, 2.45) is 17.1 Å². The van der Waals surface area contributed by atoms with E-state index in [1.165, 1.54) is 0 Å². The summed E-state index contributed by atoms with van der Waals surface area (Å²) >= 11 is 0. The summed E-state index contributed by atoms with van der Waals surface area (Å²) in [6, 6.07) is 0. The van der Waals surface area contributed by atoms with E-state index in [0.29, 0.717) is 0 Å². The molecule has 2 fully saturated rings. The Balaban J connectivity index is 2.15. The maximum Gasteiger partial charge on any atom is 0.241 e. The molecule has 0 spiro atoms. The second kappa shape index (κ2) is 4.99. The number of hydrogen-bond donors (Lipinski definition) is 2. The van der Waals surface area contributed by atoms with E-state index in [2.05, 4.69) is 39.9 Å². The molecule has 4 heteroatoms. The van der Waals surface area contributed by atoms with Crippen LogP contribution in [0.15, 0.2) is 0 Å². The molecule has 1 saturated heterocycles. The van der Waals surface area contributed by atoms with Crippen LogP contribution in [-0.4, -0.2) is 29.7 Å². The van der Waals surface area contributed by atoms with Gasteiger partial charge in [0.2, 0.25) is 5.91 Å². The minimum Gasteiger partial charge on any atom is -0.377 e. The molecule has 0 aromatic carbocycles. The van der Waals surface area contributed by atoms with E-state index >= 15 is 0 Å². The molecule has 20 heavy (non-hydrogen) atoms. The molecule has 1 amide bonds. The molecular weight excluding hydrogens is 252 g/mol. The summed E-state index contributed by atoms with van der Waals surface area (Å²) in [6.45, 7) is 11.2. The first-order chi connectivity index (χ1) is 9.17. The molecule has 4 nitrogen and oxygen atoms in total. The molecule has 1 aliphatic heterocycles. The van der Waals surface area contributed by atoms with Crippen molar-refractivity contribution < 1.29 is 9.53 Å². The van der Waals surface area contributed by atoms with Crippen LogP contribution in [-0.2, 0) is 9.53 Å². The number of carbonyl (C=O) groups is 1. The molecule has 3 N–H and O–H groups in total. The highest BCUT2D eigenvalue weighted by Crippen LogP contribution is 2.57. The van der Waals surface area contributed by atoms with Crippen molar-refractivity contribution in [2.45, 2.75) is 77.5 Å². The van der Waals surface area contributed by atoms with Crippen molar-refractivity contribution in [3.63, 3.8) is 0 Å². The summed E-state index contributed by atoms with van der Waals surface area (Å²) in [5, 5.41) is 3.17. The second-order valence-electron chi connectivity index (χ2n) is 7.72. The molecule has 0 radical (unpaired) electrons. The Hall–Kier alpha value is -0.610. The molecule has 116 valence electrons. The van der Waals surface area contributed by atoms with Crippen LogP contribution < -0.4 is 11.1 Å². The maximum absolute atomic E-state index is 12.8. The van der Waals surface area contributed by atoms with E-state index in [0.717, 1.165) is 32.3 Å². The normalized spacial score (nSPS) is 35.9. The largest absolute Gasteiger partial charge is 0.377 e. The Morgan fingerprint density at radius 2 is 2.10 bits per heavy atom. The zero-order valence-corrected chi connectivity index (χ0v) is 13.6. The number of nitrogens with one attached hydrogen (secondary N) is 1. The number of ether oxygens (including phenoxy) is 1. The van der Waals surface area contributed by atoms with Gasteiger partial charge >= 0.3 is 0 Å². The minimum absolute atomic E-state index is 0.00676. The summed E-state index contributed by atoms with van der Waals surface area (Å²) in [4.78, 5) is 12.8. The van der Waals surface area contributed by atoms with E-state index in [4.69, 9.17) is 10.5 Å². The van der Waals surface area contributed by atoms with E-state index in [-0.39, 0.29) is 28.9 Å². The van der Waals surface area contributed by atoms with Crippen LogP contribution in [0.3, 0.4) is 0 Å². The van der Waals surface area contributed by atoms with Gasteiger partial charge in [-0.2, -0.15) is 0 Å². The first-order valence-electron chi connectivity index (χ1n) is 7.90. The highest BCUT2D eigenvalue weighted by atomic mass is 16.5. The number of amides is 1. The average molecular weight is 282 g/mol. The molecule has 1 heterocycles. The molecule has 1 saturated carbocycles. The fourth-order valence-corrected chi connectivity index (χ4v) is 4.14. The van der Waals surface area contributed by atoms with Gasteiger partial charge in [0.15, 0.2) is 0 Å². The van der Waals surface area contributed by atoms with Crippen LogP contribution in [0.2, 0.25) is 0 Å². The van der Waals surface area contributed by atoms with Crippen molar-refractivity contribution in [2.75, 3.05) is 6.61 Å². The molecule has 0 bridgehead atoms. The third-order valence-corrected chi connectivity index (χ3v) is 5.39. The van der Waals surface area contributed by atoms with Crippen molar-refractivity contribution in [3.05, 3.63) is 0 Å². The van der Waals surface area contributed by atoms with Gasteiger partial charge < -0.3 is 15.8 Å². The maximum atomic E-state index is 12.8. The van der Waals surface area contributed by atoms with Gasteiger partial charge in [-0.25, -0.2) is 0 Å². The fraction of sp³-hybridized carbons (Fsp3) is 0.938. The first kappa shape index (κ1) is 15.8. The summed E-state index contributed by atoms with van der Waals surface area (Å²) in [6.07, 6.45) is 4.12. The summed E-state index contributed by atoms with van der Waals surface area (Å²) in [7, 11) is 0. The molecule has 2 rings (SSSR count). The Morgan fingerprint density at radius 1 is 1.45 bits per heavy atom. The highest BCUT2D eigenvalue weighted by Gasteiger charge is 2.70. The fourth-order valence-electron chi connectivity index (χ4n) is 4.14. The van der Waals surface area contributed by atoms with Gasteiger partial charge in [0.05, 0.1) is 6.10 Å². The van der Waals surface area contributed by atoms with Crippen LogP contribution in [0.25, 0.3) is 0 Å². The molecule has 3 unspecified atom stereocenters. The molecular formula is C16H30N2O2. The standard InChI is InChI=1S/C16H30N2O2/c1-6-9-14(2,3)18-13(19)16(17)11-8-7-10-20-12(11)15(16,4)5/h11-12H,6-10,17H2,1-5H3,(H,18,19). The van der Waals surface area contributed by atoms with Crippen LogP contribution in [0.5, 0.6) is 0 Å². The number of rotatable bonds is 4. The van der Waals surface area contributed by atoms with Crippen molar-refractivity contribution >= 4 is 5.91 Å². The molecule has 1 aliphatic carbocycles. The summed E-state index contributed by atoms with van der Waals surface area (Å²) < 4.78 is 5.86. The van der Waals surface area contributed by atoms with Gasteiger partial charge in [-0.05, 0) is 33.1 Å². The molecule has 3 atom stereocenters. The lowest BCUT2D eigenvalue weighted by molar-refractivity contribution is -0.225. The van der Waals surface area contributed by atoms with Gasteiger partial charge in [-0.1, -0.05) is 27.2 Å². The number of fused-ring (bicyclic) bond motifs is 1. The van der Waals surface area contributed by atoms with Crippen molar-refractivity contribution in [1.82, 2.24) is 5.32 Å². The first-order valence-corrected chi connectivity index (χ1v) is 7.90. The van der Waals surface area contributed by atoms with Gasteiger partial charge in [0.25, 0.3) is 0 Å². The number of carbonyl (C=O) groups excluding carboxylic acids is 1. The van der Waals surface area contributed by atoms with E-state index < -0.39 is 5.54 Å². The summed E-state index contributed by atoms with van der Waals surface area (Å²) in [5.41, 5.74) is 5.29. The zero-order valence-electron chi connectivity index (χ0n) is 13.6. The van der Waals surface area contributed by atoms with E-state index in [1.807, 2.05) is 0 Å². The lowest BCUT2D eigenvalue weighted by atomic mass is 9.46. The van der Waals surface area contributed by atoms with Gasteiger partial charge in [-0.15, -0.1) is 0 Å². The van der Waals surface area contributed by atoms with Crippen LogP contribution in [0, 0.1) is 11.3 Å². The third-order valence-electron chi connectivity index (χ3n) is 5.39. The molecule has 0 aromatic rings. The van der Waals surface area contributed by atoms with Crippen molar-refractivity contribution in [1.29, 1.82) is 0 Å². The lowest BCUT2D eigenvalue weighted by Gasteiger charge is -2.65. The van der Waals surface area contributed by atoms with Crippen LogP contribution >= 0.6 is 0 Å². The van der Waals surface area contributed by atoms with Gasteiger partial charge in [0, 0.05) is 23.5 Å². The monoisotopic (exact) mass is 282 g/mol. The number of nitrogens with two attached hydrogens (primary N) is 1. The van der Waals surface area contributed by atoms with Gasteiger partial charge in [-0.3, -0.25) is 4.79 Å². The van der Waals surface area contributed by atoms with Crippen LogP contribution in [0.4, 0.5) is 0 Å². The van der Waals surface area contributed by atoms with Gasteiger partial charge in [0.1, 0.15) is 5.54 Å². The van der Waals surface area contributed by atoms with E-state index in [1.54, 1.807) is 0 Å². The predicted molar refractivity (Wildman–Crippen MR) is 80.3 cm³/mol. The van der Waals surface area contributed by atoms with Crippen LogP contribution in [0.1, 0.15) is 60.3 Å². The Kier molecular flexibility index (Phi) is 3.93. The Bertz CT molecular complexity index is 392. The Labute approximate surface area is 122 Å². The molecule has 2 aliphatic rings. The third kappa shape index (κ3) is 2.17. The Morgan fingerprint density at radius 3 is 2.70 bits per heavy atom. The predicted octanol–water partition coefficient (Wildman–Crippen LogP) is 2.21. The molecule has 0 aromatic heterocycles. The summed E-state index contributed by atoms with van der Waals surface area (Å²) in [5.74, 6) is 0.149. The quantitative estimate of drug-likeness (QED) is 0.831. The van der Waals surface area contributed by atoms with Crippen molar-refractivity contribution in [3.8, 4) is 0 Å². The lowest BCUT2D eigenvalue weighted by Crippen LogP contribution is -2.83. The zero-order chi connectivity index (χ0) is 15.2. The minimum atomic E-state index is -0.802.